The maximum Gasteiger partial charge on any atom is 0.294 e. The third-order valence-electron chi connectivity index (χ3n) is 6.77. The SMILES string of the molecule is CC(NCCC1=CC(N=Nc2ccc(S(=O)(=O)O)cc2)C(=O)C=C1)C(O)C1=CC(N=Nc2ccc(S(=O)(=O)O)cc2)C(=O)C=C1. The van der Waals surface area contributed by atoms with Crippen LogP contribution >= 0.6 is 0 Å². The molecule has 4 rings (SSSR count). The van der Waals surface area contributed by atoms with E-state index >= 15 is 0 Å². The van der Waals surface area contributed by atoms with Crippen molar-refractivity contribution in [1.29, 1.82) is 0 Å². The van der Waals surface area contributed by atoms with Gasteiger partial charge in [0.05, 0.1) is 27.3 Å². The lowest BCUT2D eigenvalue weighted by atomic mass is 9.94. The Morgan fingerprint density at radius 2 is 1.20 bits per heavy atom. The average molecular weight is 656 g/mol. The largest absolute Gasteiger partial charge is 0.387 e. The van der Waals surface area contributed by atoms with Gasteiger partial charge in [-0.1, -0.05) is 12.2 Å². The van der Waals surface area contributed by atoms with Gasteiger partial charge in [-0.15, -0.1) is 0 Å². The van der Waals surface area contributed by atoms with Crippen molar-refractivity contribution in [1.82, 2.24) is 5.32 Å². The lowest BCUT2D eigenvalue weighted by Gasteiger charge is -2.24. The molecule has 0 aliphatic heterocycles. The second kappa shape index (κ2) is 14.2. The molecule has 2 aliphatic rings. The minimum atomic E-state index is -4.35. The van der Waals surface area contributed by atoms with E-state index in [2.05, 4.69) is 25.8 Å². The third-order valence-corrected chi connectivity index (χ3v) is 8.50. The fraction of sp³-hybridized carbons (Fsp3) is 0.241. The first kappa shape index (κ1) is 33.6. The van der Waals surface area contributed by atoms with E-state index < -0.39 is 44.5 Å². The zero-order valence-electron chi connectivity index (χ0n) is 23.7. The van der Waals surface area contributed by atoms with Crippen LogP contribution in [0, 0.1) is 0 Å². The van der Waals surface area contributed by atoms with Crippen molar-refractivity contribution in [3.8, 4) is 0 Å². The normalized spacial score (nSPS) is 20.4. The van der Waals surface area contributed by atoms with Crippen LogP contribution in [0.5, 0.6) is 0 Å². The topological polar surface area (TPSA) is 225 Å². The Bertz CT molecular complexity index is 1850. The number of aliphatic hydroxyl groups is 1. The van der Waals surface area contributed by atoms with Gasteiger partial charge < -0.3 is 10.4 Å². The molecular formula is C29H29N5O9S2. The Morgan fingerprint density at radius 3 is 1.69 bits per heavy atom. The lowest BCUT2D eigenvalue weighted by Crippen LogP contribution is -2.39. The number of aliphatic hydroxyl groups excluding tert-OH is 1. The fourth-order valence-electron chi connectivity index (χ4n) is 4.24. The number of ketones is 2. The number of nitrogens with zero attached hydrogens (tertiary/aromatic N) is 4. The van der Waals surface area contributed by atoms with E-state index in [-0.39, 0.29) is 27.0 Å². The number of hydrogen-bond acceptors (Lipinski definition) is 12. The molecule has 2 aliphatic carbocycles. The van der Waals surface area contributed by atoms with Crippen LogP contribution in [0.4, 0.5) is 11.4 Å². The number of carbonyl (C=O) groups excluding carboxylic acids is 2. The minimum Gasteiger partial charge on any atom is -0.387 e. The van der Waals surface area contributed by atoms with E-state index in [1.54, 1.807) is 19.1 Å². The fourth-order valence-corrected chi connectivity index (χ4v) is 5.20. The molecule has 0 bridgehead atoms. The summed E-state index contributed by atoms with van der Waals surface area (Å²) in [6.07, 6.45) is 8.51. The molecule has 2 aromatic carbocycles. The highest BCUT2D eigenvalue weighted by Crippen LogP contribution is 2.22. The zero-order valence-corrected chi connectivity index (χ0v) is 25.3. The van der Waals surface area contributed by atoms with E-state index in [1.165, 1.54) is 60.7 Å². The van der Waals surface area contributed by atoms with Gasteiger partial charge in [-0.3, -0.25) is 18.7 Å². The molecule has 0 fully saturated rings. The van der Waals surface area contributed by atoms with Crippen LogP contribution in [0.2, 0.25) is 0 Å². The number of azo groups is 2. The molecule has 2 aromatic rings. The Morgan fingerprint density at radius 1 is 0.733 bits per heavy atom. The highest BCUT2D eigenvalue weighted by atomic mass is 32.2. The van der Waals surface area contributed by atoms with Crippen LogP contribution in [0.15, 0.2) is 126 Å². The number of hydrogen-bond donors (Lipinski definition) is 4. The maximum absolute atomic E-state index is 12.3. The first-order valence-corrected chi connectivity index (χ1v) is 16.3. The molecule has 0 amide bonds. The maximum atomic E-state index is 12.3. The molecular weight excluding hydrogens is 626 g/mol. The van der Waals surface area contributed by atoms with Crippen molar-refractivity contribution in [2.75, 3.05) is 6.54 Å². The summed E-state index contributed by atoms with van der Waals surface area (Å²) in [5.41, 5.74) is 1.82. The predicted octanol–water partition coefficient (Wildman–Crippen LogP) is 3.64. The standard InChI is InChI=1S/C29H29N5O9S2/c1-18(29(37)20-3-13-28(36)26(17-20)34-32-22-6-10-24(11-7-22)45(41,42)43)30-15-14-19-2-12-27(35)25(16-19)33-31-21-4-8-23(9-5-21)44(38,39)40/h2-13,16-18,25-26,29-30,37H,14-15H2,1H3,(H,38,39,40)(H,41,42,43). The second-order valence-electron chi connectivity index (χ2n) is 10.1. The molecule has 0 heterocycles. The molecule has 4 N–H and O–H groups in total. The summed E-state index contributed by atoms with van der Waals surface area (Å²) in [4.78, 5) is 24.0. The van der Waals surface area contributed by atoms with Gasteiger partial charge in [0.25, 0.3) is 20.2 Å². The lowest BCUT2D eigenvalue weighted by molar-refractivity contribution is -0.115. The molecule has 45 heavy (non-hydrogen) atoms. The highest BCUT2D eigenvalue weighted by molar-refractivity contribution is 7.86. The smallest absolute Gasteiger partial charge is 0.294 e. The van der Waals surface area contributed by atoms with E-state index in [0.29, 0.717) is 24.2 Å². The summed E-state index contributed by atoms with van der Waals surface area (Å²) in [7, 11) is -8.68. The van der Waals surface area contributed by atoms with Crippen molar-refractivity contribution >= 4 is 43.2 Å². The van der Waals surface area contributed by atoms with Crippen LogP contribution in [-0.4, -0.2) is 73.4 Å². The number of allylic oxidation sites excluding steroid dienone is 1. The van der Waals surface area contributed by atoms with Gasteiger partial charge in [0.2, 0.25) is 0 Å². The average Bonchev–Trinajstić information content (AvgIpc) is 3.00. The van der Waals surface area contributed by atoms with Crippen molar-refractivity contribution in [3.63, 3.8) is 0 Å². The molecule has 0 aromatic heterocycles. The summed E-state index contributed by atoms with van der Waals surface area (Å²) in [6.45, 7) is 2.20. The third kappa shape index (κ3) is 9.34. The molecule has 16 heteroatoms. The highest BCUT2D eigenvalue weighted by Gasteiger charge is 2.24. The van der Waals surface area contributed by atoms with Crippen LogP contribution < -0.4 is 5.32 Å². The van der Waals surface area contributed by atoms with Crippen LogP contribution in [0.3, 0.4) is 0 Å². The van der Waals surface area contributed by atoms with E-state index in [9.17, 15) is 31.5 Å². The summed E-state index contributed by atoms with van der Waals surface area (Å²) in [5.74, 6) is -0.626. The van der Waals surface area contributed by atoms with E-state index in [0.717, 1.165) is 17.7 Å². The molecule has 0 spiro atoms. The molecule has 14 nitrogen and oxygen atoms in total. The Hall–Kier alpha value is -4.32. The van der Waals surface area contributed by atoms with Crippen molar-refractivity contribution in [2.45, 2.75) is 47.4 Å². The monoisotopic (exact) mass is 655 g/mol. The molecule has 0 saturated heterocycles. The van der Waals surface area contributed by atoms with Crippen molar-refractivity contribution < 1.29 is 40.6 Å². The van der Waals surface area contributed by atoms with Crippen molar-refractivity contribution in [2.24, 2.45) is 20.5 Å². The van der Waals surface area contributed by atoms with Gasteiger partial charge in [-0.05, 0) is 104 Å². The molecule has 0 saturated carbocycles. The van der Waals surface area contributed by atoms with Crippen molar-refractivity contribution in [3.05, 3.63) is 96.1 Å². The summed E-state index contributed by atoms with van der Waals surface area (Å²) in [5, 5.41) is 30.1. The minimum absolute atomic E-state index is 0.265. The summed E-state index contributed by atoms with van der Waals surface area (Å²) in [6, 6.07) is 7.72. The molecule has 4 atom stereocenters. The molecule has 4 unspecified atom stereocenters. The van der Waals surface area contributed by atoms with Gasteiger partial charge in [-0.2, -0.15) is 37.3 Å². The first-order valence-electron chi connectivity index (χ1n) is 13.5. The number of nitrogens with one attached hydrogen (secondary N) is 1. The van der Waals surface area contributed by atoms with Crippen LogP contribution in [0.25, 0.3) is 0 Å². The van der Waals surface area contributed by atoms with E-state index in [4.69, 9.17) is 9.11 Å². The molecule has 236 valence electrons. The number of carbonyl (C=O) groups is 2. The van der Waals surface area contributed by atoms with Gasteiger partial charge in [0.15, 0.2) is 23.7 Å². The van der Waals surface area contributed by atoms with Gasteiger partial charge in [0, 0.05) is 6.04 Å². The van der Waals surface area contributed by atoms with Gasteiger partial charge in [-0.25, -0.2) is 0 Å². The zero-order chi connectivity index (χ0) is 32.8. The number of benzene rings is 2. The van der Waals surface area contributed by atoms with E-state index in [1.807, 2.05) is 0 Å². The summed E-state index contributed by atoms with van der Waals surface area (Å²) >= 11 is 0. The van der Waals surface area contributed by atoms with Gasteiger partial charge in [0.1, 0.15) is 0 Å². The molecule has 0 radical (unpaired) electrons. The van der Waals surface area contributed by atoms with Crippen LogP contribution in [0.1, 0.15) is 13.3 Å². The number of rotatable bonds is 12. The Labute approximate surface area is 259 Å². The summed E-state index contributed by atoms with van der Waals surface area (Å²) < 4.78 is 62.9. The van der Waals surface area contributed by atoms with Crippen LogP contribution in [-0.2, 0) is 29.8 Å². The Balaban J connectivity index is 1.32. The first-order chi connectivity index (χ1) is 21.2. The Kier molecular flexibility index (Phi) is 10.6. The van der Waals surface area contributed by atoms with Gasteiger partial charge >= 0.3 is 0 Å². The quantitative estimate of drug-likeness (QED) is 0.192. The second-order valence-corrected chi connectivity index (χ2v) is 12.9. The predicted molar refractivity (Wildman–Crippen MR) is 162 cm³/mol.